The second-order valence-electron chi connectivity index (χ2n) is 5.30. The highest BCUT2D eigenvalue weighted by molar-refractivity contribution is 6.12. The third-order valence-corrected chi connectivity index (χ3v) is 3.53. The van der Waals surface area contributed by atoms with E-state index in [2.05, 4.69) is 4.99 Å². The lowest BCUT2D eigenvalue weighted by Gasteiger charge is -2.03. The average molecular weight is 337 g/mol. The van der Waals surface area contributed by atoms with Gasteiger partial charge in [-0.15, -0.1) is 0 Å². The minimum absolute atomic E-state index is 0.271. The number of hydrogen-bond donors (Lipinski definition) is 0. The fraction of sp³-hybridized carbons (Fsp3) is 0.200. The Kier molecular flexibility index (Phi) is 5.14. The number of aliphatic imine (C=N–C) groups is 1. The lowest BCUT2D eigenvalue weighted by atomic mass is 10.2. The molecule has 1 aliphatic heterocycles. The molecular weight excluding hydrogens is 318 g/mol. The van der Waals surface area contributed by atoms with E-state index < -0.39 is 5.97 Å². The highest BCUT2D eigenvalue weighted by Gasteiger charge is 2.24. The number of carbonyl (C=O) groups is 1. The fourth-order valence-electron chi connectivity index (χ4n) is 2.38. The maximum Gasteiger partial charge on any atom is 0.363 e. The van der Waals surface area contributed by atoms with Crippen LogP contribution in [-0.2, 0) is 9.53 Å². The van der Waals surface area contributed by atoms with Crippen LogP contribution in [0.25, 0.3) is 6.08 Å². The molecule has 0 N–H and O–H groups in total. The van der Waals surface area contributed by atoms with E-state index in [1.807, 2.05) is 62.4 Å². The highest BCUT2D eigenvalue weighted by atomic mass is 16.6. The van der Waals surface area contributed by atoms with Crippen molar-refractivity contribution in [3.63, 3.8) is 0 Å². The van der Waals surface area contributed by atoms with E-state index in [0.717, 1.165) is 22.6 Å². The molecule has 0 aliphatic carbocycles. The summed E-state index contributed by atoms with van der Waals surface area (Å²) in [5.74, 6) is 1.39. The summed E-state index contributed by atoms with van der Waals surface area (Å²) in [6.07, 6.45) is 1.69. The maximum absolute atomic E-state index is 12.0. The van der Waals surface area contributed by atoms with Crippen molar-refractivity contribution >= 4 is 17.9 Å². The lowest BCUT2D eigenvalue weighted by Crippen LogP contribution is -2.05. The van der Waals surface area contributed by atoms with Gasteiger partial charge in [0.05, 0.1) is 13.2 Å². The summed E-state index contributed by atoms with van der Waals surface area (Å²) in [5.41, 5.74) is 1.85. The normalized spacial score (nSPS) is 15.0. The Morgan fingerprint density at radius 3 is 2.04 bits per heavy atom. The van der Waals surface area contributed by atoms with Gasteiger partial charge in [0.2, 0.25) is 5.90 Å². The molecule has 0 radical (unpaired) electrons. The highest BCUT2D eigenvalue weighted by Crippen LogP contribution is 2.22. The van der Waals surface area contributed by atoms with Crippen LogP contribution >= 0.6 is 0 Å². The molecule has 2 aromatic rings. The van der Waals surface area contributed by atoms with Gasteiger partial charge in [0.25, 0.3) is 0 Å². The fourth-order valence-corrected chi connectivity index (χ4v) is 2.38. The minimum Gasteiger partial charge on any atom is -0.494 e. The van der Waals surface area contributed by atoms with Gasteiger partial charge >= 0.3 is 5.97 Å². The predicted molar refractivity (Wildman–Crippen MR) is 95.8 cm³/mol. The van der Waals surface area contributed by atoms with E-state index in [0.29, 0.717) is 19.1 Å². The van der Waals surface area contributed by atoms with Crippen molar-refractivity contribution < 1.29 is 19.0 Å². The van der Waals surface area contributed by atoms with Gasteiger partial charge in [-0.2, -0.15) is 0 Å². The second kappa shape index (κ2) is 7.66. The number of ether oxygens (including phenoxy) is 3. The third kappa shape index (κ3) is 4.07. The molecular formula is C20H19NO4. The van der Waals surface area contributed by atoms with Gasteiger partial charge < -0.3 is 14.2 Å². The van der Waals surface area contributed by atoms with Crippen LogP contribution < -0.4 is 9.47 Å². The molecule has 0 atom stereocenters. The summed E-state index contributed by atoms with van der Waals surface area (Å²) in [6, 6.07) is 14.7. The van der Waals surface area contributed by atoms with Crippen LogP contribution in [0.1, 0.15) is 25.0 Å². The molecule has 5 nitrogen and oxygen atoms in total. The summed E-state index contributed by atoms with van der Waals surface area (Å²) in [4.78, 5) is 16.3. The molecule has 0 bridgehead atoms. The first kappa shape index (κ1) is 16.8. The Morgan fingerprint density at radius 1 is 0.920 bits per heavy atom. The van der Waals surface area contributed by atoms with Crippen LogP contribution in [0, 0.1) is 0 Å². The quantitative estimate of drug-likeness (QED) is 0.594. The first-order valence-corrected chi connectivity index (χ1v) is 8.18. The van der Waals surface area contributed by atoms with Crippen molar-refractivity contribution in [2.75, 3.05) is 13.2 Å². The topological polar surface area (TPSA) is 57.1 Å². The minimum atomic E-state index is -0.460. The van der Waals surface area contributed by atoms with E-state index in [-0.39, 0.29) is 5.70 Å². The third-order valence-electron chi connectivity index (χ3n) is 3.53. The number of hydrogen-bond acceptors (Lipinski definition) is 5. The van der Waals surface area contributed by atoms with Crippen LogP contribution in [0.3, 0.4) is 0 Å². The molecule has 0 spiro atoms. The molecule has 5 heteroatoms. The van der Waals surface area contributed by atoms with E-state index in [1.54, 1.807) is 6.08 Å². The molecule has 0 amide bonds. The number of benzene rings is 2. The van der Waals surface area contributed by atoms with Crippen molar-refractivity contribution in [3.05, 3.63) is 65.4 Å². The van der Waals surface area contributed by atoms with E-state index in [4.69, 9.17) is 14.2 Å². The number of nitrogens with zero attached hydrogens (tertiary/aromatic N) is 1. The summed E-state index contributed by atoms with van der Waals surface area (Å²) >= 11 is 0. The molecule has 1 aliphatic rings. The van der Waals surface area contributed by atoms with Crippen molar-refractivity contribution in [1.29, 1.82) is 0 Å². The predicted octanol–water partition coefficient (Wildman–Crippen LogP) is 3.83. The molecule has 3 rings (SSSR count). The first-order chi connectivity index (χ1) is 12.2. The largest absolute Gasteiger partial charge is 0.494 e. The Hall–Kier alpha value is -3.08. The van der Waals surface area contributed by atoms with Crippen LogP contribution in [0.2, 0.25) is 0 Å². The van der Waals surface area contributed by atoms with E-state index >= 15 is 0 Å². The molecule has 0 saturated carbocycles. The lowest BCUT2D eigenvalue weighted by molar-refractivity contribution is -0.129. The van der Waals surface area contributed by atoms with Gasteiger partial charge in [-0.3, -0.25) is 0 Å². The zero-order valence-corrected chi connectivity index (χ0v) is 14.2. The van der Waals surface area contributed by atoms with Crippen LogP contribution in [0.15, 0.2) is 59.2 Å². The average Bonchev–Trinajstić information content (AvgIpc) is 2.98. The molecule has 2 aromatic carbocycles. The number of rotatable bonds is 6. The van der Waals surface area contributed by atoms with Gasteiger partial charge in [-0.05, 0) is 61.9 Å². The Balaban J connectivity index is 1.79. The molecule has 0 unspecified atom stereocenters. The molecule has 128 valence electrons. The Labute approximate surface area is 146 Å². The number of esters is 1. The van der Waals surface area contributed by atoms with E-state index in [1.165, 1.54) is 0 Å². The van der Waals surface area contributed by atoms with Crippen molar-refractivity contribution in [2.24, 2.45) is 4.99 Å². The zero-order valence-electron chi connectivity index (χ0n) is 14.2. The molecule has 0 saturated heterocycles. The zero-order chi connectivity index (χ0) is 17.6. The number of carbonyl (C=O) groups excluding carboxylic acids is 1. The first-order valence-electron chi connectivity index (χ1n) is 8.18. The molecule has 0 fully saturated rings. The molecule has 1 heterocycles. The Morgan fingerprint density at radius 2 is 1.48 bits per heavy atom. The molecule has 0 aromatic heterocycles. The van der Waals surface area contributed by atoms with Gasteiger partial charge in [0, 0.05) is 5.56 Å². The van der Waals surface area contributed by atoms with Crippen LogP contribution in [-0.4, -0.2) is 25.1 Å². The van der Waals surface area contributed by atoms with Gasteiger partial charge in [0.15, 0.2) is 5.70 Å². The van der Waals surface area contributed by atoms with Crippen molar-refractivity contribution in [1.82, 2.24) is 0 Å². The monoisotopic (exact) mass is 337 g/mol. The maximum atomic E-state index is 12.0. The summed E-state index contributed by atoms with van der Waals surface area (Å²) in [5, 5.41) is 0. The van der Waals surface area contributed by atoms with Gasteiger partial charge in [0.1, 0.15) is 11.5 Å². The summed E-state index contributed by atoms with van der Waals surface area (Å²) in [6.45, 7) is 5.07. The van der Waals surface area contributed by atoms with Gasteiger partial charge in [-0.25, -0.2) is 9.79 Å². The smallest absolute Gasteiger partial charge is 0.363 e. The van der Waals surface area contributed by atoms with Crippen LogP contribution in [0.4, 0.5) is 0 Å². The standard InChI is InChI=1S/C20H19NO4/c1-3-23-16-9-5-14(6-10-16)13-18-20(22)25-19(21-18)15-7-11-17(12-8-15)24-4-2/h5-13H,3-4H2,1-2H3/b18-13-. The second-order valence-corrected chi connectivity index (χ2v) is 5.30. The van der Waals surface area contributed by atoms with E-state index in [9.17, 15) is 4.79 Å². The number of cyclic esters (lactones) is 1. The molecule has 25 heavy (non-hydrogen) atoms. The van der Waals surface area contributed by atoms with Crippen LogP contribution in [0.5, 0.6) is 11.5 Å². The van der Waals surface area contributed by atoms with Crippen molar-refractivity contribution in [3.8, 4) is 11.5 Å². The SMILES string of the molecule is CCOc1ccc(/C=C2\N=C(c3ccc(OCC)cc3)OC2=O)cc1. The van der Waals surface area contributed by atoms with Crippen molar-refractivity contribution in [2.45, 2.75) is 13.8 Å². The van der Waals surface area contributed by atoms with Gasteiger partial charge in [-0.1, -0.05) is 12.1 Å². The Bertz CT molecular complexity index is 805. The summed E-state index contributed by atoms with van der Waals surface area (Å²) < 4.78 is 16.1. The summed E-state index contributed by atoms with van der Waals surface area (Å²) in [7, 11) is 0.